The molecule has 0 bridgehead atoms. The molecule has 0 unspecified atom stereocenters. The Balaban J connectivity index is 1.19. The fourth-order valence-electron chi connectivity index (χ4n) is 5.58. The third-order valence-corrected chi connectivity index (χ3v) is 10.1. The number of hydrogen-bond acceptors (Lipinski definition) is 8. The van der Waals surface area contributed by atoms with Crippen molar-refractivity contribution in [3.63, 3.8) is 0 Å². The monoisotopic (exact) mass is 571 g/mol. The summed E-state index contributed by atoms with van der Waals surface area (Å²) < 4.78 is 31.4. The van der Waals surface area contributed by atoms with Crippen LogP contribution in [0.15, 0.2) is 65.7 Å². The third kappa shape index (κ3) is 5.54. The lowest BCUT2D eigenvalue weighted by Gasteiger charge is -2.36. The zero-order valence-electron chi connectivity index (χ0n) is 23.4. The molecule has 0 radical (unpaired) electrons. The van der Waals surface area contributed by atoms with Gasteiger partial charge in [0.1, 0.15) is 5.82 Å². The standard InChI is InChI=1S/C31H33N5O4S/c1-19-17-36(18-20(2)40-19)30-6-4-5-26(35-30)27-12-11-24-15-32-25(14-28(24)34-27)16-33-31(37)23-10-9-22-8-7-21(3)41(38,39)29(22)13-23/h4-6,9-15,19-21H,7-8,16-18H2,1-3H3,(H,33,37)/t19-,20+,21-/m1/s1. The average molecular weight is 572 g/mol. The molecule has 1 N–H and O–H groups in total. The number of hydrogen-bond donors (Lipinski definition) is 1. The number of fused-ring (bicyclic) bond motifs is 2. The average Bonchev–Trinajstić information content (AvgIpc) is 2.97. The molecule has 3 atom stereocenters. The highest BCUT2D eigenvalue weighted by atomic mass is 32.2. The number of carbonyl (C=O) groups excluding carboxylic acids is 1. The number of aryl methyl sites for hydroxylation is 1. The van der Waals surface area contributed by atoms with E-state index in [1.807, 2.05) is 36.4 Å². The molecular formula is C31H33N5O4S. The molecule has 1 amide bonds. The Morgan fingerprint density at radius 3 is 2.59 bits per heavy atom. The van der Waals surface area contributed by atoms with Crippen LogP contribution in [-0.4, -0.2) is 59.8 Å². The van der Waals surface area contributed by atoms with E-state index in [2.05, 4.69) is 29.0 Å². The van der Waals surface area contributed by atoms with E-state index in [9.17, 15) is 13.2 Å². The van der Waals surface area contributed by atoms with Crippen LogP contribution >= 0.6 is 0 Å². The minimum absolute atomic E-state index is 0.137. The van der Waals surface area contributed by atoms with Crippen molar-refractivity contribution in [1.82, 2.24) is 20.3 Å². The molecule has 0 aliphatic carbocycles. The van der Waals surface area contributed by atoms with Crippen LogP contribution in [0.4, 0.5) is 5.82 Å². The molecule has 10 heteroatoms. The number of benzene rings is 1. The highest BCUT2D eigenvalue weighted by molar-refractivity contribution is 7.92. The van der Waals surface area contributed by atoms with Crippen LogP contribution in [0, 0.1) is 0 Å². The molecule has 4 aromatic rings. The fourth-order valence-corrected chi connectivity index (χ4v) is 7.26. The van der Waals surface area contributed by atoms with Crippen molar-refractivity contribution < 1.29 is 17.9 Å². The molecule has 1 aromatic carbocycles. The van der Waals surface area contributed by atoms with Gasteiger partial charge in [-0.25, -0.2) is 18.4 Å². The zero-order valence-corrected chi connectivity index (χ0v) is 24.2. The van der Waals surface area contributed by atoms with Crippen LogP contribution in [0.1, 0.15) is 48.8 Å². The van der Waals surface area contributed by atoms with Crippen molar-refractivity contribution in [2.45, 2.75) is 62.5 Å². The number of aromatic nitrogens is 3. The second-order valence-electron chi connectivity index (χ2n) is 11.0. The predicted molar refractivity (Wildman–Crippen MR) is 158 cm³/mol. The number of ether oxygens (including phenoxy) is 1. The minimum atomic E-state index is -3.42. The molecule has 0 saturated carbocycles. The second kappa shape index (κ2) is 10.8. The Morgan fingerprint density at radius 2 is 1.78 bits per heavy atom. The first-order chi connectivity index (χ1) is 19.7. The summed E-state index contributed by atoms with van der Waals surface area (Å²) in [6.45, 7) is 7.61. The lowest BCUT2D eigenvalue weighted by atomic mass is 10.0. The Bertz CT molecular complexity index is 1730. The maximum atomic E-state index is 12.9. The van der Waals surface area contributed by atoms with E-state index in [1.54, 1.807) is 25.3 Å². The van der Waals surface area contributed by atoms with Gasteiger partial charge in [-0.1, -0.05) is 12.1 Å². The number of morpholine rings is 1. The van der Waals surface area contributed by atoms with E-state index in [0.29, 0.717) is 24.1 Å². The van der Waals surface area contributed by atoms with Gasteiger partial charge < -0.3 is 15.0 Å². The summed E-state index contributed by atoms with van der Waals surface area (Å²) in [7, 11) is -3.42. The quantitative estimate of drug-likeness (QED) is 0.376. The summed E-state index contributed by atoms with van der Waals surface area (Å²) in [6, 6.07) is 16.6. The molecule has 0 spiro atoms. The van der Waals surface area contributed by atoms with Crippen molar-refractivity contribution >= 4 is 32.5 Å². The van der Waals surface area contributed by atoms with Crippen molar-refractivity contribution in [3.05, 3.63) is 77.6 Å². The highest BCUT2D eigenvalue weighted by Gasteiger charge is 2.31. The summed E-state index contributed by atoms with van der Waals surface area (Å²) in [4.78, 5) is 29.7. The maximum Gasteiger partial charge on any atom is 0.251 e. The Morgan fingerprint density at radius 1 is 1.00 bits per heavy atom. The van der Waals surface area contributed by atoms with Gasteiger partial charge in [-0.15, -0.1) is 0 Å². The first-order valence-electron chi connectivity index (χ1n) is 14.0. The van der Waals surface area contributed by atoms with Crippen molar-refractivity contribution in [1.29, 1.82) is 0 Å². The lowest BCUT2D eigenvalue weighted by molar-refractivity contribution is -0.00545. The summed E-state index contributed by atoms with van der Waals surface area (Å²) >= 11 is 0. The van der Waals surface area contributed by atoms with Gasteiger partial charge in [-0.3, -0.25) is 9.78 Å². The first kappa shape index (κ1) is 27.3. The van der Waals surface area contributed by atoms with Crippen LogP contribution in [0.5, 0.6) is 0 Å². The fraction of sp³-hybridized carbons (Fsp3) is 0.355. The number of sulfone groups is 1. The molecular weight excluding hydrogens is 538 g/mol. The molecule has 2 aliphatic heterocycles. The summed E-state index contributed by atoms with van der Waals surface area (Å²) in [6.07, 6.45) is 3.30. The Labute approximate surface area is 239 Å². The topological polar surface area (TPSA) is 114 Å². The molecule has 41 heavy (non-hydrogen) atoms. The SMILES string of the molecule is C[C@@H]1CN(c2cccc(-c3ccc4cnc(CNC(=O)c5ccc6c(c5)S(=O)(=O)[C@H](C)CC6)cc4n3)n2)C[C@H](C)O1. The van der Waals surface area contributed by atoms with Gasteiger partial charge in [-0.05, 0) is 81.6 Å². The van der Waals surface area contributed by atoms with Crippen LogP contribution in [0.25, 0.3) is 22.3 Å². The van der Waals surface area contributed by atoms with Crippen molar-refractivity contribution in [3.8, 4) is 11.4 Å². The molecule has 9 nitrogen and oxygen atoms in total. The summed E-state index contributed by atoms with van der Waals surface area (Å²) in [5.74, 6) is 0.548. The molecule has 3 aromatic heterocycles. The van der Waals surface area contributed by atoms with Crippen LogP contribution < -0.4 is 10.2 Å². The number of anilines is 1. The van der Waals surface area contributed by atoms with Gasteiger partial charge in [0.15, 0.2) is 9.84 Å². The van der Waals surface area contributed by atoms with Gasteiger partial charge in [0.05, 0.1) is 51.5 Å². The number of rotatable bonds is 5. The minimum Gasteiger partial charge on any atom is -0.372 e. The van der Waals surface area contributed by atoms with Gasteiger partial charge >= 0.3 is 0 Å². The molecule has 2 aliphatic rings. The van der Waals surface area contributed by atoms with E-state index in [4.69, 9.17) is 14.7 Å². The van der Waals surface area contributed by atoms with E-state index >= 15 is 0 Å². The number of nitrogens with one attached hydrogen (secondary N) is 1. The van der Waals surface area contributed by atoms with E-state index < -0.39 is 15.1 Å². The number of amides is 1. The predicted octanol–water partition coefficient (Wildman–Crippen LogP) is 4.34. The van der Waals surface area contributed by atoms with E-state index in [-0.39, 0.29) is 29.6 Å². The van der Waals surface area contributed by atoms with Crippen LogP contribution in [0.2, 0.25) is 0 Å². The highest BCUT2D eigenvalue weighted by Crippen LogP contribution is 2.30. The molecule has 212 valence electrons. The van der Waals surface area contributed by atoms with Crippen molar-refractivity contribution in [2.24, 2.45) is 0 Å². The largest absolute Gasteiger partial charge is 0.372 e. The number of nitrogens with zero attached hydrogens (tertiary/aromatic N) is 4. The van der Waals surface area contributed by atoms with Gasteiger partial charge in [0.2, 0.25) is 0 Å². The normalized spacial score (nSPS) is 21.8. The molecule has 1 fully saturated rings. The number of pyridine rings is 3. The lowest BCUT2D eigenvalue weighted by Crippen LogP contribution is -2.45. The third-order valence-electron chi connectivity index (χ3n) is 7.79. The summed E-state index contributed by atoms with van der Waals surface area (Å²) in [5.41, 5.74) is 4.01. The van der Waals surface area contributed by atoms with E-state index in [1.165, 1.54) is 6.07 Å². The van der Waals surface area contributed by atoms with Gasteiger partial charge in [-0.2, -0.15) is 0 Å². The van der Waals surface area contributed by atoms with Crippen molar-refractivity contribution in [2.75, 3.05) is 18.0 Å². The van der Waals surface area contributed by atoms with Gasteiger partial charge in [0, 0.05) is 30.2 Å². The molecule has 1 saturated heterocycles. The zero-order chi connectivity index (χ0) is 28.7. The maximum absolute atomic E-state index is 12.9. The van der Waals surface area contributed by atoms with Gasteiger partial charge in [0.25, 0.3) is 5.91 Å². The Kier molecular flexibility index (Phi) is 7.21. The van der Waals surface area contributed by atoms with Crippen LogP contribution in [-0.2, 0) is 27.5 Å². The second-order valence-corrected chi connectivity index (χ2v) is 13.3. The summed E-state index contributed by atoms with van der Waals surface area (Å²) in [5, 5.41) is 3.30. The van der Waals surface area contributed by atoms with E-state index in [0.717, 1.165) is 46.8 Å². The Hall–Kier alpha value is -3.89. The van der Waals surface area contributed by atoms with Crippen LogP contribution in [0.3, 0.4) is 0 Å². The smallest absolute Gasteiger partial charge is 0.251 e. The molecule has 5 heterocycles. The molecule has 6 rings (SSSR count). The first-order valence-corrected chi connectivity index (χ1v) is 15.5. The number of carbonyl (C=O) groups is 1.